The van der Waals surface area contributed by atoms with Gasteiger partial charge in [-0.15, -0.1) is 0 Å². The molecule has 0 spiro atoms. The lowest BCUT2D eigenvalue weighted by atomic mass is 9.97. The highest BCUT2D eigenvalue weighted by Gasteiger charge is 2.35. The Kier molecular flexibility index (Phi) is 8.50. The van der Waals surface area contributed by atoms with E-state index in [2.05, 4.69) is 10.3 Å². The van der Waals surface area contributed by atoms with Crippen LogP contribution in [0.25, 0.3) is 0 Å². The Morgan fingerprint density at radius 3 is 2.59 bits per heavy atom. The van der Waals surface area contributed by atoms with E-state index in [4.69, 9.17) is 15.9 Å². The highest BCUT2D eigenvalue weighted by molar-refractivity contribution is 6.42. The number of rotatable bonds is 11. The van der Waals surface area contributed by atoms with Gasteiger partial charge in [-0.25, -0.2) is 9.79 Å². The first-order valence-corrected chi connectivity index (χ1v) is 12.8. The molecule has 5 N–H and O–H groups in total. The van der Waals surface area contributed by atoms with Crippen molar-refractivity contribution in [3.8, 4) is 0 Å². The number of benzene rings is 2. The number of fused-ring (bicyclic) bond motifs is 1. The second kappa shape index (κ2) is 12.0. The van der Waals surface area contributed by atoms with Crippen LogP contribution in [0.1, 0.15) is 49.8 Å². The molecule has 11 nitrogen and oxygen atoms in total. The van der Waals surface area contributed by atoms with E-state index in [-0.39, 0.29) is 49.1 Å². The minimum absolute atomic E-state index is 0.0170. The predicted molar refractivity (Wildman–Crippen MR) is 144 cm³/mol. The summed E-state index contributed by atoms with van der Waals surface area (Å²) in [5, 5.41) is 20.5. The smallest absolute Gasteiger partial charge is 0.328 e. The normalized spacial score (nSPS) is 18.8. The van der Waals surface area contributed by atoms with Crippen molar-refractivity contribution in [2.75, 3.05) is 18.1 Å². The topological polar surface area (TPSA) is 175 Å². The Balaban J connectivity index is 1.33. The minimum Gasteiger partial charge on any atom is -0.464 e. The van der Waals surface area contributed by atoms with Crippen LogP contribution in [0, 0.1) is 11.3 Å². The van der Waals surface area contributed by atoms with Gasteiger partial charge in [-0.05, 0) is 50.1 Å². The molecule has 0 bridgehead atoms. The third kappa shape index (κ3) is 6.20. The van der Waals surface area contributed by atoms with Crippen molar-refractivity contribution in [1.29, 1.82) is 5.41 Å². The molecule has 1 saturated heterocycles. The van der Waals surface area contributed by atoms with E-state index in [1.165, 1.54) is 0 Å². The Hall–Kier alpha value is -4.38. The van der Waals surface area contributed by atoms with Gasteiger partial charge in [0.2, 0.25) is 5.91 Å². The Labute approximate surface area is 225 Å². The number of hydrogen-bond donors (Lipinski definition) is 4. The number of nitrogen functional groups attached to an aromatic ring is 1. The zero-order chi connectivity index (χ0) is 28.1. The summed E-state index contributed by atoms with van der Waals surface area (Å²) in [4.78, 5) is 56.9. The number of nitrogens with zero attached hydrogens (tertiary/aromatic N) is 2. The zero-order valence-corrected chi connectivity index (χ0v) is 21.6. The molecule has 2 aliphatic heterocycles. The van der Waals surface area contributed by atoms with Gasteiger partial charge in [-0.2, -0.15) is 0 Å². The molecule has 1 fully saturated rings. The number of aliphatic hydroxyl groups is 1. The van der Waals surface area contributed by atoms with E-state index in [1.54, 1.807) is 60.4 Å². The van der Waals surface area contributed by atoms with E-state index in [0.717, 1.165) is 0 Å². The van der Waals surface area contributed by atoms with E-state index >= 15 is 0 Å². The number of para-hydroxylation sites is 1. The highest BCUT2D eigenvalue weighted by atomic mass is 16.5. The number of ketones is 1. The molecule has 4 rings (SSSR count). The zero-order valence-electron chi connectivity index (χ0n) is 21.6. The SMILES string of the molecule is CCOC(=O)[C@H](CCC(=O)CC1CCN(c2ccc(C(=N)N)cc2)C1=O)NC(=O)C1=Nc2ccccc2C1O. The maximum atomic E-state index is 12.9. The number of nitrogens with one attached hydrogen (secondary N) is 2. The monoisotopic (exact) mass is 533 g/mol. The summed E-state index contributed by atoms with van der Waals surface area (Å²) < 4.78 is 5.08. The standard InChI is InChI=1S/C28H31N5O6/c1-2-39-28(38)22(32-26(36)23-24(35)20-5-3-4-6-21(20)31-23)12-11-19(34)15-17-13-14-33(27(17)37)18-9-7-16(8-10-18)25(29)30/h3-10,17,22,24,35H,2,11-15H2,1H3,(H3,29,30)(H,32,36)/t17?,22-,24?/m0/s1. The summed E-state index contributed by atoms with van der Waals surface area (Å²) >= 11 is 0. The van der Waals surface area contributed by atoms with Gasteiger partial charge >= 0.3 is 5.97 Å². The summed E-state index contributed by atoms with van der Waals surface area (Å²) in [5.41, 5.74) is 7.55. The van der Waals surface area contributed by atoms with E-state index < -0.39 is 29.9 Å². The van der Waals surface area contributed by atoms with Crippen molar-refractivity contribution in [2.24, 2.45) is 16.6 Å². The Morgan fingerprint density at radius 1 is 1.21 bits per heavy atom. The van der Waals surface area contributed by atoms with Gasteiger partial charge in [0.25, 0.3) is 5.91 Å². The molecule has 3 atom stereocenters. The van der Waals surface area contributed by atoms with Gasteiger partial charge in [-0.3, -0.25) is 19.8 Å². The van der Waals surface area contributed by atoms with Crippen LogP contribution >= 0.6 is 0 Å². The van der Waals surface area contributed by atoms with Crippen LogP contribution < -0.4 is 16.0 Å². The Morgan fingerprint density at radius 2 is 1.92 bits per heavy atom. The fourth-order valence-electron chi connectivity index (χ4n) is 4.75. The van der Waals surface area contributed by atoms with Gasteiger partial charge in [0.05, 0.1) is 12.3 Å². The number of aliphatic hydroxyl groups excluding tert-OH is 1. The molecule has 0 saturated carbocycles. The number of Topliss-reactive ketones (excluding diaryl/α,β-unsaturated/α-hetero) is 1. The lowest BCUT2D eigenvalue weighted by Crippen LogP contribution is -2.45. The number of amides is 2. The molecule has 2 unspecified atom stereocenters. The summed E-state index contributed by atoms with van der Waals surface area (Å²) in [5.74, 6) is -2.34. The van der Waals surface area contributed by atoms with E-state index in [9.17, 15) is 24.3 Å². The average molecular weight is 534 g/mol. The largest absolute Gasteiger partial charge is 0.464 e. The maximum absolute atomic E-state index is 12.9. The first-order chi connectivity index (χ1) is 18.7. The van der Waals surface area contributed by atoms with E-state index in [1.807, 2.05) is 0 Å². The number of carbonyl (C=O) groups is 4. The molecule has 11 heteroatoms. The van der Waals surface area contributed by atoms with Gasteiger partial charge in [0, 0.05) is 42.1 Å². The van der Waals surface area contributed by atoms with Crippen molar-refractivity contribution >= 4 is 46.5 Å². The average Bonchev–Trinajstić information content (AvgIpc) is 3.46. The highest BCUT2D eigenvalue weighted by Crippen LogP contribution is 2.33. The minimum atomic E-state index is -1.22. The summed E-state index contributed by atoms with van der Waals surface area (Å²) in [7, 11) is 0. The van der Waals surface area contributed by atoms with Crippen LogP contribution in [0.3, 0.4) is 0 Å². The fourth-order valence-corrected chi connectivity index (χ4v) is 4.75. The molecular weight excluding hydrogens is 502 g/mol. The van der Waals surface area contributed by atoms with Crippen molar-refractivity contribution in [3.05, 3.63) is 59.7 Å². The molecule has 2 amide bonds. The predicted octanol–water partition coefficient (Wildman–Crippen LogP) is 1.93. The number of amidine groups is 1. The van der Waals surface area contributed by atoms with Crippen LogP contribution in [-0.2, 0) is 23.9 Å². The molecule has 2 heterocycles. The number of ether oxygens (including phenoxy) is 1. The first-order valence-electron chi connectivity index (χ1n) is 12.8. The van der Waals surface area contributed by atoms with Crippen LogP contribution in [0.5, 0.6) is 0 Å². The third-order valence-corrected chi connectivity index (χ3v) is 6.83. The maximum Gasteiger partial charge on any atom is 0.328 e. The molecular formula is C28H31N5O6. The second-order valence-corrected chi connectivity index (χ2v) is 9.45. The number of anilines is 1. The van der Waals surface area contributed by atoms with Gasteiger partial charge < -0.3 is 25.8 Å². The molecule has 204 valence electrons. The van der Waals surface area contributed by atoms with Crippen molar-refractivity contribution in [3.63, 3.8) is 0 Å². The van der Waals surface area contributed by atoms with Crippen LogP contribution in [-0.4, -0.2) is 59.4 Å². The van der Waals surface area contributed by atoms with Crippen LogP contribution in [0.2, 0.25) is 0 Å². The van der Waals surface area contributed by atoms with Gasteiger partial charge in [-0.1, -0.05) is 18.2 Å². The lowest BCUT2D eigenvalue weighted by molar-refractivity contribution is -0.147. The van der Waals surface area contributed by atoms with Crippen LogP contribution in [0.15, 0.2) is 53.5 Å². The number of esters is 1. The number of aliphatic imine (C=N–C) groups is 1. The molecule has 0 aromatic heterocycles. The summed E-state index contributed by atoms with van der Waals surface area (Å²) in [6, 6.07) is 12.5. The first kappa shape index (κ1) is 27.6. The van der Waals surface area contributed by atoms with Crippen molar-refractivity contribution in [1.82, 2.24) is 5.32 Å². The van der Waals surface area contributed by atoms with Gasteiger partial charge in [0.1, 0.15) is 29.5 Å². The number of carbonyl (C=O) groups excluding carboxylic acids is 4. The fraction of sp³-hybridized carbons (Fsp3) is 0.357. The molecule has 2 aliphatic rings. The summed E-state index contributed by atoms with van der Waals surface area (Å²) in [6.45, 7) is 2.19. The summed E-state index contributed by atoms with van der Waals surface area (Å²) in [6.07, 6.45) is -0.756. The molecule has 39 heavy (non-hydrogen) atoms. The molecule has 2 aromatic rings. The van der Waals surface area contributed by atoms with E-state index in [0.29, 0.717) is 35.5 Å². The quantitative estimate of drug-likeness (QED) is 0.194. The molecule has 0 aliphatic carbocycles. The second-order valence-electron chi connectivity index (χ2n) is 9.45. The van der Waals surface area contributed by atoms with Crippen molar-refractivity contribution in [2.45, 2.75) is 44.8 Å². The Bertz CT molecular complexity index is 1320. The van der Waals surface area contributed by atoms with Crippen LogP contribution in [0.4, 0.5) is 11.4 Å². The molecule has 2 aromatic carbocycles. The molecule has 0 radical (unpaired) electrons. The van der Waals surface area contributed by atoms with Crippen molar-refractivity contribution < 1.29 is 29.0 Å². The van der Waals surface area contributed by atoms with Gasteiger partial charge in [0.15, 0.2) is 0 Å². The number of nitrogens with two attached hydrogens (primary N) is 1. The third-order valence-electron chi connectivity index (χ3n) is 6.83. The lowest BCUT2D eigenvalue weighted by Gasteiger charge is -2.19. The number of hydrogen-bond acceptors (Lipinski definition) is 8.